The topological polar surface area (TPSA) is 99.3 Å². The van der Waals surface area contributed by atoms with Crippen LogP contribution in [-0.2, 0) is 19.1 Å². The number of nitrogens with zero attached hydrogens (tertiary/aromatic N) is 3. The average molecular weight is 455 g/mol. The molecular weight excluding hydrogens is 424 g/mol. The minimum Gasteiger partial charge on any atom is -0.466 e. The fourth-order valence-corrected chi connectivity index (χ4v) is 4.71. The number of benzene rings is 1. The van der Waals surface area contributed by atoms with Gasteiger partial charge in [0, 0.05) is 33.1 Å². The zero-order valence-corrected chi connectivity index (χ0v) is 19.1. The van der Waals surface area contributed by atoms with E-state index in [1.807, 2.05) is 30.3 Å². The van der Waals surface area contributed by atoms with Crippen LogP contribution >= 0.6 is 0 Å². The SMILES string of the molecule is CCOC(=O)C1CCN(C(=O)CCN2CC3=C(C2=O)C(c2ccccc2)NC(=O)N3C)CC1. The maximum atomic E-state index is 13.3. The van der Waals surface area contributed by atoms with Crippen molar-refractivity contribution in [2.45, 2.75) is 32.2 Å². The Morgan fingerprint density at radius 3 is 2.48 bits per heavy atom. The molecule has 1 fully saturated rings. The first kappa shape index (κ1) is 22.8. The van der Waals surface area contributed by atoms with E-state index in [2.05, 4.69) is 5.32 Å². The summed E-state index contributed by atoms with van der Waals surface area (Å²) < 4.78 is 5.08. The largest absolute Gasteiger partial charge is 0.466 e. The van der Waals surface area contributed by atoms with E-state index in [1.165, 1.54) is 4.90 Å². The van der Waals surface area contributed by atoms with Crippen LogP contribution in [0.3, 0.4) is 0 Å². The Kier molecular flexibility index (Phi) is 6.67. The third kappa shape index (κ3) is 4.58. The molecule has 0 saturated carbocycles. The van der Waals surface area contributed by atoms with E-state index in [9.17, 15) is 19.2 Å². The number of piperidine rings is 1. The highest BCUT2D eigenvalue weighted by Crippen LogP contribution is 2.35. The molecule has 0 bridgehead atoms. The molecule has 0 aliphatic carbocycles. The quantitative estimate of drug-likeness (QED) is 0.660. The highest BCUT2D eigenvalue weighted by molar-refractivity contribution is 6.01. The number of nitrogens with one attached hydrogen (secondary N) is 1. The molecule has 4 rings (SSSR count). The van der Waals surface area contributed by atoms with Crippen LogP contribution in [0.2, 0.25) is 0 Å². The van der Waals surface area contributed by atoms with Crippen molar-refractivity contribution in [3.05, 3.63) is 47.2 Å². The van der Waals surface area contributed by atoms with Gasteiger partial charge in [0.05, 0.1) is 36.4 Å². The summed E-state index contributed by atoms with van der Waals surface area (Å²) in [6.07, 6.45) is 1.40. The molecule has 4 amide bonds. The van der Waals surface area contributed by atoms with Crippen molar-refractivity contribution < 1.29 is 23.9 Å². The van der Waals surface area contributed by atoms with E-state index >= 15 is 0 Å². The molecule has 0 aromatic heterocycles. The first-order valence-corrected chi connectivity index (χ1v) is 11.5. The van der Waals surface area contributed by atoms with Gasteiger partial charge in [-0.3, -0.25) is 19.3 Å². The summed E-state index contributed by atoms with van der Waals surface area (Å²) in [6, 6.07) is 8.67. The van der Waals surface area contributed by atoms with Gasteiger partial charge in [-0.05, 0) is 25.3 Å². The van der Waals surface area contributed by atoms with Crippen molar-refractivity contribution in [1.29, 1.82) is 0 Å². The molecule has 3 heterocycles. The molecule has 0 spiro atoms. The van der Waals surface area contributed by atoms with Gasteiger partial charge < -0.3 is 19.9 Å². The molecule has 1 unspecified atom stereocenters. The van der Waals surface area contributed by atoms with Gasteiger partial charge in [-0.2, -0.15) is 0 Å². The number of rotatable bonds is 6. The lowest BCUT2D eigenvalue weighted by molar-refractivity contribution is -0.151. The summed E-state index contributed by atoms with van der Waals surface area (Å²) in [7, 11) is 1.65. The molecule has 9 nitrogen and oxygen atoms in total. The summed E-state index contributed by atoms with van der Waals surface area (Å²) in [5.41, 5.74) is 2.09. The Balaban J connectivity index is 1.36. The summed E-state index contributed by atoms with van der Waals surface area (Å²) >= 11 is 0. The lowest BCUT2D eigenvalue weighted by Gasteiger charge is -2.31. The van der Waals surface area contributed by atoms with Crippen molar-refractivity contribution in [2.75, 3.05) is 39.8 Å². The molecule has 1 N–H and O–H groups in total. The van der Waals surface area contributed by atoms with E-state index in [1.54, 1.807) is 23.8 Å². The highest BCUT2D eigenvalue weighted by Gasteiger charge is 2.42. The molecule has 1 saturated heterocycles. The Bertz CT molecular complexity index is 968. The summed E-state index contributed by atoms with van der Waals surface area (Å²) in [5, 5.41) is 2.91. The van der Waals surface area contributed by atoms with E-state index in [4.69, 9.17) is 4.74 Å². The highest BCUT2D eigenvalue weighted by atomic mass is 16.5. The van der Waals surface area contributed by atoms with E-state index < -0.39 is 6.04 Å². The van der Waals surface area contributed by atoms with Crippen LogP contribution in [0, 0.1) is 5.92 Å². The van der Waals surface area contributed by atoms with Crippen LogP contribution in [0.1, 0.15) is 37.8 Å². The second-order valence-corrected chi connectivity index (χ2v) is 8.60. The van der Waals surface area contributed by atoms with Gasteiger partial charge in [-0.25, -0.2) is 4.79 Å². The third-order valence-corrected chi connectivity index (χ3v) is 6.63. The zero-order valence-electron chi connectivity index (χ0n) is 19.1. The first-order chi connectivity index (χ1) is 15.9. The summed E-state index contributed by atoms with van der Waals surface area (Å²) in [6.45, 7) is 3.77. The Morgan fingerprint density at radius 1 is 1.12 bits per heavy atom. The van der Waals surface area contributed by atoms with Crippen LogP contribution in [0.25, 0.3) is 0 Å². The first-order valence-electron chi connectivity index (χ1n) is 11.5. The van der Waals surface area contributed by atoms with Gasteiger partial charge in [0.2, 0.25) is 5.91 Å². The lowest BCUT2D eigenvalue weighted by Crippen LogP contribution is -2.45. The number of carbonyl (C=O) groups is 4. The Hall–Kier alpha value is -3.36. The Morgan fingerprint density at radius 2 is 1.82 bits per heavy atom. The van der Waals surface area contributed by atoms with Crippen molar-refractivity contribution in [1.82, 2.24) is 20.0 Å². The molecule has 3 aliphatic rings. The number of hydrogen-bond acceptors (Lipinski definition) is 5. The molecule has 1 aromatic rings. The number of urea groups is 1. The van der Waals surface area contributed by atoms with Crippen molar-refractivity contribution >= 4 is 23.8 Å². The number of esters is 1. The van der Waals surface area contributed by atoms with Crippen molar-refractivity contribution in [3.63, 3.8) is 0 Å². The number of carbonyl (C=O) groups excluding carboxylic acids is 4. The Labute approximate surface area is 193 Å². The summed E-state index contributed by atoms with van der Waals surface area (Å²) in [4.78, 5) is 55.3. The molecule has 3 aliphatic heterocycles. The molecule has 0 radical (unpaired) electrons. The van der Waals surface area contributed by atoms with Crippen LogP contribution in [0.15, 0.2) is 41.6 Å². The van der Waals surface area contributed by atoms with E-state index in [0.29, 0.717) is 50.4 Å². The molecule has 1 atom stereocenters. The number of hydrogen-bond donors (Lipinski definition) is 1. The van der Waals surface area contributed by atoms with Gasteiger partial charge in [0.1, 0.15) is 0 Å². The maximum absolute atomic E-state index is 13.3. The maximum Gasteiger partial charge on any atom is 0.322 e. The smallest absolute Gasteiger partial charge is 0.322 e. The molecule has 9 heteroatoms. The van der Waals surface area contributed by atoms with Crippen LogP contribution in [0.4, 0.5) is 4.79 Å². The van der Waals surface area contributed by atoms with Crippen LogP contribution < -0.4 is 5.32 Å². The number of amides is 4. The number of likely N-dealkylation sites (tertiary alicyclic amines) is 1. The van der Waals surface area contributed by atoms with Gasteiger partial charge in [0.15, 0.2) is 0 Å². The standard InChI is InChI=1S/C24H30N4O5/c1-3-33-23(31)17-9-12-27(13-10-17)19(29)11-14-28-15-18-20(22(28)30)21(25-24(32)26(18)2)16-7-5-4-6-8-16/h4-8,17,21H,3,9-15H2,1-2H3,(H,25,32). The van der Waals surface area contributed by atoms with E-state index in [0.717, 1.165) is 5.56 Å². The van der Waals surface area contributed by atoms with Gasteiger partial charge in [0.25, 0.3) is 5.91 Å². The van der Waals surface area contributed by atoms with Crippen molar-refractivity contribution in [3.8, 4) is 0 Å². The second-order valence-electron chi connectivity index (χ2n) is 8.60. The fourth-order valence-electron chi connectivity index (χ4n) is 4.71. The average Bonchev–Trinajstić information content (AvgIpc) is 3.17. The predicted molar refractivity (Wildman–Crippen MR) is 120 cm³/mol. The van der Waals surface area contributed by atoms with Crippen molar-refractivity contribution in [2.24, 2.45) is 5.92 Å². The van der Waals surface area contributed by atoms with Crippen LogP contribution in [0.5, 0.6) is 0 Å². The number of likely N-dealkylation sites (N-methyl/N-ethyl adjacent to an activating group) is 1. The molecular formula is C24H30N4O5. The molecule has 33 heavy (non-hydrogen) atoms. The lowest BCUT2D eigenvalue weighted by atomic mass is 9.96. The predicted octanol–water partition coefficient (Wildman–Crippen LogP) is 1.67. The van der Waals surface area contributed by atoms with Gasteiger partial charge in [-0.1, -0.05) is 30.3 Å². The summed E-state index contributed by atoms with van der Waals surface area (Å²) in [5.74, 6) is -0.526. The molecule has 1 aromatic carbocycles. The normalized spacial score (nSPS) is 21.3. The van der Waals surface area contributed by atoms with Crippen LogP contribution in [-0.4, -0.2) is 78.3 Å². The monoisotopic (exact) mass is 454 g/mol. The van der Waals surface area contributed by atoms with Gasteiger partial charge >= 0.3 is 12.0 Å². The molecule has 176 valence electrons. The minimum atomic E-state index is -0.500. The minimum absolute atomic E-state index is 0.0304. The second kappa shape index (κ2) is 9.64. The third-order valence-electron chi connectivity index (χ3n) is 6.63. The zero-order chi connectivity index (χ0) is 23.5. The van der Waals surface area contributed by atoms with Gasteiger partial charge in [-0.15, -0.1) is 0 Å². The van der Waals surface area contributed by atoms with E-state index in [-0.39, 0.29) is 42.7 Å². The fraction of sp³-hybridized carbons (Fsp3) is 0.500. The number of ether oxygens (including phenoxy) is 1.